The van der Waals surface area contributed by atoms with Crippen LogP contribution in [0, 0.1) is 0 Å². The number of ether oxygens (including phenoxy) is 2. The van der Waals surface area contributed by atoms with Crippen LogP contribution >= 0.6 is 15.9 Å². The molecular formula is C16H19BrN2O2. The van der Waals surface area contributed by atoms with E-state index in [9.17, 15) is 0 Å². The Bertz CT molecular complexity index is 605. The van der Waals surface area contributed by atoms with E-state index in [0.717, 1.165) is 27.2 Å². The summed E-state index contributed by atoms with van der Waals surface area (Å²) in [7, 11) is 3.30. The topological polar surface area (TPSA) is 56.5 Å². The lowest BCUT2D eigenvalue weighted by molar-refractivity contribution is 0.413. The van der Waals surface area contributed by atoms with Crippen molar-refractivity contribution in [3.63, 3.8) is 0 Å². The minimum atomic E-state index is -0.0263. The van der Waals surface area contributed by atoms with E-state index in [0.29, 0.717) is 6.54 Å². The normalized spacial score (nSPS) is 11.8. The third-order valence-corrected chi connectivity index (χ3v) is 3.95. The molecule has 1 atom stereocenters. The zero-order valence-corrected chi connectivity index (χ0v) is 13.7. The Morgan fingerprint density at radius 1 is 1.10 bits per heavy atom. The standard InChI is InChI=1S/C16H19BrN2O2/c1-20-12-5-3-4-11(8-12)19-16(10-18)14-9-13(21-2)6-7-15(14)17/h3-9,16,19H,10,18H2,1-2H3. The molecule has 0 fully saturated rings. The van der Waals surface area contributed by atoms with Crippen LogP contribution in [0.15, 0.2) is 46.9 Å². The summed E-state index contributed by atoms with van der Waals surface area (Å²) in [6, 6.07) is 13.6. The van der Waals surface area contributed by atoms with Crippen LogP contribution in [0.1, 0.15) is 11.6 Å². The molecule has 0 saturated carbocycles. The maximum atomic E-state index is 5.93. The summed E-state index contributed by atoms with van der Waals surface area (Å²) in [6.07, 6.45) is 0. The molecule has 0 saturated heterocycles. The summed E-state index contributed by atoms with van der Waals surface area (Å²) in [5.74, 6) is 1.61. The van der Waals surface area contributed by atoms with Crippen molar-refractivity contribution in [2.45, 2.75) is 6.04 Å². The molecule has 4 nitrogen and oxygen atoms in total. The van der Waals surface area contributed by atoms with Gasteiger partial charge in [-0.1, -0.05) is 22.0 Å². The van der Waals surface area contributed by atoms with E-state index in [2.05, 4.69) is 21.2 Å². The molecule has 0 aliphatic carbocycles. The largest absolute Gasteiger partial charge is 0.497 e. The molecule has 0 radical (unpaired) electrons. The summed E-state index contributed by atoms with van der Waals surface area (Å²) in [5.41, 5.74) is 7.94. The monoisotopic (exact) mass is 350 g/mol. The SMILES string of the molecule is COc1cccc(NC(CN)c2cc(OC)ccc2Br)c1. The average Bonchev–Trinajstić information content (AvgIpc) is 2.53. The van der Waals surface area contributed by atoms with Gasteiger partial charge in [-0.05, 0) is 35.9 Å². The lowest BCUT2D eigenvalue weighted by atomic mass is 10.1. The zero-order chi connectivity index (χ0) is 15.2. The van der Waals surface area contributed by atoms with Crippen molar-refractivity contribution in [1.82, 2.24) is 0 Å². The number of hydrogen-bond acceptors (Lipinski definition) is 4. The molecule has 0 aliphatic heterocycles. The molecule has 0 aromatic heterocycles. The van der Waals surface area contributed by atoms with E-state index < -0.39 is 0 Å². The summed E-state index contributed by atoms with van der Waals surface area (Å²) >= 11 is 3.57. The van der Waals surface area contributed by atoms with Gasteiger partial charge < -0.3 is 20.5 Å². The second kappa shape index (κ2) is 7.33. The maximum absolute atomic E-state index is 5.93. The second-order valence-electron chi connectivity index (χ2n) is 4.55. The summed E-state index contributed by atoms with van der Waals surface area (Å²) in [4.78, 5) is 0. The number of hydrogen-bond donors (Lipinski definition) is 2. The minimum absolute atomic E-state index is 0.0263. The van der Waals surface area contributed by atoms with E-state index in [-0.39, 0.29) is 6.04 Å². The van der Waals surface area contributed by atoms with Gasteiger partial charge in [-0.2, -0.15) is 0 Å². The predicted octanol–water partition coefficient (Wildman–Crippen LogP) is 3.58. The molecule has 0 bridgehead atoms. The molecule has 1 unspecified atom stereocenters. The van der Waals surface area contributed by atoms with Crippen LogP contribution in [0.2, 0.25) is 0 Å². The fraction of sp³-hybridized carbons (Fsp3) is 0.250. The number of methoxy groups -OCH3 is 2. The van der Waals surface area contributed by atoms with Crippen LogP contribution in [-0.4, -0.2) is 20.8 Å². The highest BCUT2D eigenvalue weighted by Crippen LogP contribution is 2.30. The Morgan fingerprint density at radius 2 is 1.81 bits per heavy atom. The number of anilines is 1. The summed E-state index contributed by atoms with van der Waals surface area (Å²) < 4.78 is 11.5. The number of benzene rings is 2. The highest BCUT2D eigenvalue weighted by molar-refractivity contribution is 9.10. The van der Waals surface area contributed by atoms with Gasteiger partial charge in [-0.3, -0.25) is 0 Å². The number of nitrogens with one attached hydrogen (secondary N) is 1. The molecule has 0 aliphatic rings. The van der Waals surface area contributed by atoms with E-state index in [1.807, 2.05) is 42.5 Å². The van der Waals surface area contributed by atoms with Crippen molar-refractivity contribution < 1.29 is 9.47 Å². The number of rotatable bonds is 6. The lowest BCUT2D eigenvalue weighted by Crippen LogP contribution is -2.21. The second-order valence-corrected chi connectivity index (χ2v) is 5.41. The highest BCUT2D eigenvalue weighted by Gasteiger charge is 2.14. The van der Waals surface area contributed by atoms with Crippen LogP contribution in [0.3, 0.4) is 0 Å². The van der Waals surface area contributed by atoms with Crippen molar-refractivity contribution in [2.75, 3.05) is 26.1 Å². The fourth-order valence-corrected chi connectivity index (χ4v) is 2.62. The minimum Gasteiger partial charge on any atom is -0.497 e. The van der Waals surface area contributed by atoms with Crippen molar-refractivity contribution in [3.05, 3.63) is 52.5 Å². The number of halogens is 1. The van der Waals surface area contributed by atoms with Crippen LogP contribution in [0.25, 0.3) is 0 Å². The lowest BCUT2D eigenvalue weighted by Gasteiger charge is -2.21. The Labute approximate surface area is 133 Å². The smallest absolute Gasteiger partial charge is 0.120 e. The predicted molar refractivity (Wildman–Crippen MR) is 89.1 cm³/mol. The molecule has 112 valence electrons. The molecule has 2 rings (SSSR count). The van der Waals surface area contributed by atoms with E-state index in [4.69, 9.17) is 15.2 Å². The van der Waals surface area contributed by atoms with Gasteiger partial charge in [0.1, 0.15) is 11.5 Å². The molecule has 2 aromatic rings. The van der Waals surface area contributed by atoms with Gasteiger partial charge in [0.2, 0.25) is 0 Å². The summed E-state index contributed by atoms with van der Waals surface area (Å²) in [5, 5.41) is 3.42. The van der Waals surface area contributed by atoms with Gasteiger partial charge in [0, 0.05) is 22.8 Å². The molecule has 0 heterocycles. The van der Waals surface area contributed by atoms with Gasteiger partial charge in [0.25, 0.3) is 0 Å². The zero-order valence-electron chi connectivity index (χ0n) is 12.1. The first kappa shape index (κ1) is 15.7. The van der Waals surface area contributed by atoms with Crippen LogP contribution in [0.4, 0.5) is 5.69 Å². The maximum Gasteiger partial charge on any atom is 0.120 e. The Kier molecular flexibility index (Phi) is 5.47. The average molecular weight is 351 g/mol. The molecule has 0 amide bonds. The van der Waals surface area contributed by atoms with Crippen molar-refractivity contribution in [1.29, 1.82) is 0 Å². The molecule has 3 N–H and O–H groups in total. The molecule has 0 spiro atoms. The van der Waals surface area contributed by atoms with Gasteiger partial charge >= 0.3 is 0 Å². The molecule has 21 heavy (non-hydrogen) atoms. The molecular weight excluding hydrogens is 332 g/mol. The third-order valence-electron chi connectivity index (χ3n) is 3.22. The van der Waals surface area contributed by atoms with Gasteiger partial charge in [-0.15, -0.1) is 0 Å². The molecule has 2 aromatic carbocycles. The van der Waals surface area contributed by atoms with Crippen LogP contribution < -0.4 is 20.5 Å². The Hall–Kier alpha value is -1.72. The first-order chi connectivity index (χ1) is 10.2. The Balaban J connectivity index is 2.27. The number of nitrogens with two attached hydrogens (primary N) is 1. The third kappa shape index (κ3) is 3.89. The van der Waals surface area contributed by atoms with Gasteiger partial charge in [0.15, 0.2) is 0 Å². The highest BCUT2D eigenvalue weighted by atomic mass is 79.9. The van der Waals surface area contributed by atoms with Crippen molar-refractivity contribution in [2.24, 2.45) is 5.73 Å². The first-order valence-corrected chi connectivity index (χ1v) is 7.41. The summed E-state index contributed by atoms with van der Waals surface area (Å²) in [6.45, 7) is 0.461. The van der Waals surface area contributed by atoms with E-state index in [1.165, 1.54) is 0 Å². The van der Waals surface area contributed by atoms with Gasteiger partial charge in [0.05, 0.1) is 20.3 Å². The van der Waals surface area contributed by atoms with Gasteiger partial charge in [-0.25, -0.2) is 0 Å². The van der Waals surface area contributed by atoms with Crippen LogP contribution in [-0.2, 0) is 0 Å². The van der Waals surface area contributed by atoms with Crippen molar-refractivity contribution >= 4 is 21.6 Å². The van der Waals surface area contributed by atoms with Crippen molar-refractivity contribution in [3.8, 4) is 11.5 Å². The fourth-order valence-electron chi connectivity index (χ4n) is 2.09. The van der Waals surface area contributed by atoms with E-state index >= 15 is 0 Å². The molecule has 5 heteroatoms. The Morgan fingerprint density at radius 3 is 2.48 bits per heavy atom. The first-order valence-electron chi connectivity index (χ1n) is 6.62. The quantitative estimate of drug-likeness (QED) is 0.835. The van der Waals surface area contributed by atoms with Crippen LogP contribution in [0.5, 0.6) is 11.5 Å². The van der Waals surface area contributed by atoms with E-state index in [1.54, 1.807) is 14.2 Å².